The highest BCUT2D eigenvalue weighted by Crippen LogP contribution is 2.41. The number of ether oxygens (including phenoxy) is 2. The first-order chi connectivity index (χ1) is 9.52. The molecule has 1 aromatic carbocycles. The summed E-state index contributed by atoms with van der Waals surface area (Å²) in [5.41, 5.74) is -0.235. The minimum atomic E-state index is -0.981. The second-order valence-electron chi connectivity index (χ2n) is 4.64. The smallest absolute Gasteiger partial charge is 0.437 e. The number of hydrogen-bond donors (Lipinski definition) is 0. The molecule has 1 aliphatic carbocycles. The van der Waals surface area contributed by atoms with Crippen molar-refractivity contribution < 1.29 is 23.6 Å². The first-order valence-corrected chi connectivity index (χ1v) is 6.26. The average molecular weight is 283 g/mol. The number of carbonyl (C=O) groups is 1. The van der Waals surface area contributed by atoms with Gasteiger partial charge in [0.1, 0.15) is 5.75 Å². The van der Waals surface area contributed by atoms with Crippen molar-refractivity contribution in [1.29, 1.82) is 0 Å². The topological polar surface area (TPSA) is 78.7 Å². The fourth-order valence-corrected chi connectivity index (χ4v) is 2.47. The molecule has 6 nitrogen and oxygen atoms in total. The molecular weight excluding hydrogens is 269 g/mol. The number of nitro groups is 1. The van der Waals surface area contributed by atoms with E-state index < -0.39 is 22.6 Å². The summed E-state index contributed by atoms with van der Waals surface area (Å²) in [5, 5.41) is 10.8. The summed E-state index contributed by atoms with van der Waals surface area (Å²) in [7, 11) is 1.13. The number of methoxy groups -OCH3 is 1. The molecule has 0 N–H and O–H groups in total. The normalized spacial score (nSPS) is 15.1. The van der Waals surface area contributed by atoms with Gasteiger partial charge in [-0.05, 0) is 24.8 Å². The predicted octanol–water partition coefficient (Wildman–Crippen LogP) is 3.54. The first kappa shape index (κ1) is 14.2. The Bertz CT molecular complexity index is 540. The minimum absolute atomic E-state index is 0.00292. The van der Waals surface area contributed by atoms with Gasteiger partial charge in [0, 0.05) is 5.56 Å². The quantitative estimate of drug-likeness (QED) is 0.367. The molecule has 1 saturated carbocycles. The van der Waals surface area contributed by atoms with Crippen LogP contribution in [0.1, 0.15) is 37.2 Å². The van der Waals surface area contributed by atoms with Crippen LogP contribution in [0.3, 0.4) is 0 Å². The van der Waals surface area contributed by atoms with E-state index in [1.807, 2.05) is 0 Å². The molecule has 108 valence electrons. The molecule has 0 atom stereocenters. The standard InChI is InChI=1S/C13H14FNO5/c1-19-13(16)20-12-7-11(15(17)18)10(14)6-9(12)8-4-2-3-5-8/h6-8H,2-5H2,1H3. The molecule has 0 aromatic heterocycles. The molecule has 7 heteroatoms. The number of nitro benzene ring substituents is 1. The van der Waals surface area contributed by atoms with E-state index in [0.717, 1.165) is 44.9 Å². The maximum Gasteiger partial charge on any atom is 0.513 e. The molecule has 0 amide bonds. The van der Waals surface area contributed by atoms with E-state index in [1.54, 1.807) is 0 Å². The second-order valence-corrected chi connectivity index (χ2v) is 4.64. The molecule has 0 aliphatic heterocycles. The van der Waals surface area contributed by atoms with Gasteiger partial charge in [-0.1, -0.05) is 12.8 Å². The van der Waals surface area contributed by atoms with Crippen LogP contribution in [0, 0.1) is 15.9 Å². The summed E-state index contributed by atoms with van der Waals surface area (Å²) in [6, 6.07) is 2.03. The van der Waals surface area contributed by atoms with Gasteiger partial charge in [-0.15, -0.1) is 0 Å². The highest BCUT2D eigenvalue weighted by molar-refractivity contribution is 5.65. The van der Waals surface area contributed by atoms with Gasteiger partial charge in [0.2, 0.25) is 5.82 Å². The average Bonchev–Trinajstić information content (AvgIpc) is 2.93. The molecule has 0 bridgehead atoms. The van der Waals surface area contributed by atoms with E-state index in [0.29, 0.717) is 5.56 Å². The van der Waals surface area contributed by atoms with Crippen molar-refractivity contribution in [2.45, 2.75) is 31.6 Å². The lowest BCUT2D eigenvalue weighted by Crippen LogP contribution is -2.11. The van der Waals surface area contributed by atoms with Crippen LogP contribution >= 0.6 is 0 Å². The molecule has 20 heavy (non-hydrogen) atoms. The number of halogens is 1. The number of benzene rings is 1. The number of carbonyl (C=O) groups excluding carboxylic acids is 1. The van der Waals surface area contributed by atoms with E-state index in [-0.39, 0.29) is 11.7 Å². The van der Waals surface area contributed by atoms with Crippen LogP contribution in [0.2, 0.25) is 0 Å². The van der Waals surface area contributed by atoms with Crippen LogP contribution in [0.5, 0.6) is 5.75 Å². The predicted molar refractivity (Wildman–Crippen MR) is 67.3 cm³/mol. The Labute approximate surface area is 114 Å². The first-order valence-electron chi connectivity index (χ1n) is 6.26. The van der Waals surface area contributed by atoms with Crippen LogP contribution in [0.4, 0.5) is 14.9 Å². The fourth-order valence-electron chi connectivity index (χ4n) is 2.47. The number of rotatable bonds is 3. The molecule has 1 aliphatic rings. The van der Waals surface area contributed by atoms with Crippen molar-refractivity contribution >= 4 is 11.8 Å². The Kier molecular flexibility index (Phi) is 4.16. The zero-order valence-corrected chi connectivity index (χ0v) is 10.9. The van der Waals surface area contributed by atoms with Gasteiger partial charge in [0.25, 0.3) is 0 Å². The van der Waals surface area contributed by atoms with E-state index in [2.05, 4.69) is 4.74 Å². The summed E-state index contributed by atoms with van der Waals surface area (Å²) in [4.78, 5) is 21.1. The second kappa shape index (κ2) is 5.85. The van der Waals surface area contributed by atoms with Crippen molar-refractivity contribution in [3.63, 3.8) is 0 Å². The highest BCUT2D eigenvalue weighted by atomic mass is 19.1. The van der Waals surface area contributed by atoms with Crippen LogP contribution in [0.25, 0.3) is 0 Å². The Balaban J connectivity index is 2.44. The molecule has 0 unspecified atom stereocenters. The van der Waals surface area contributed by atoms with Crippen LogP contribution in [-0.4, -0.2) is 18.2 Å². The number of hydrogen-bond acceptors (Lipinski definition) is 5. The molecule has 1 aromatic rings. The highest BCUT2D eigenvalue weighted by Gasteiger charge is 2.27. The monoisotopic (exact) mass is 283 g/mol. The van der Waals surface area contributed by atoms with Crippen molar-refractivity contribution in [2.24, 2.45) is 0 Å². The summed E-state index contributed by atoms with van der Waals surface area (Å²) >= 11 is 0. The van der Waals surface area contributed by atoms with Crippen LogP contribution in [-0.2, 0) is 4.74 Å². The minimum Gasteiger partial charge on any atom is -0.437 e. The molecule has 0 radical (unpaired) electrons. The molecular formula is C13H14FNO5. The Hall–Kier alpha value is -2.18. The molecule has 0 saturated heterocycles. The SMILES string of the molecule is COC(=O)Oc1cc([N+](=O)[O-])c(F)cc1C1CCCC1. The molecule has 2 rings (SSSR count). The zero-order chi connectivity index (χ0) is 14.7. The van der Waals surface area contributed by atoms with Gasteiger partial charge in [0.15, 0.2) is 0 Å². The summed E-state index contributed by atoms with van der Waals surface area (Å²) in [6.45, 7) is 0. The van der Waals surface area contributed by atoms with Crippen molar-refractivity contribution in [1.82, 2.24) is 0 Å². The van der Waals surface area contributed by atoms with Crippen molar-refractivity contribution in [3.8, 4) is 5.75 Å². The van der Waals surface area contributed by atoms with Gasteiger partial charge in [-0.2, -0.15) is 4.39 Å². The Morgan fingerprint density at radius 1 is 1.40 bits per heavy atom. The maximum absolute atomic E-state index is 13.7. The summed E-state index contributed by atoms with van der Waals surface area (Å²) in [5.74, 6) is -0.879. The molecule has 0 spiro atoms. The third kappa shape index (κ3) is 2.87. The molecule has 0 heterocycles. The summed E-state index contributed by atoms with van der Waals surface area (Å²) in [6.07, 6.45) is 2.70. The third-order valence-corrected chi connectivity index (χ3v) is 3.43. The lowest BCUT2D eigenvalue weighted by Gasteiger charge is -2.14. The Morgan fingerprint density at radius 3 is 2.60 bits per heavy atom. The van der Waals surface area contributed by atoms with E-state index in [4.69, 9.17) is 4.74 Å². The zero-order valence-electron chi connectivity index (χ0n) is 10.9. The van der Waals surface area contributed by atoms with E-state index >= 15 is 0 Å². The van der Waals surface area contributed by atoms with Gasteiger partial charge < -0.3 is 9.47 Å². The van der Waals surface area contributed by atoms with Crippen molar-refractivity contribution in [3.05, 3.63) is 33.6 Å². The maximum atomic E-state index is 13.7. The largest absolute Gasteiger partial charge is 0.513 e. The van der Waals surface area contributed by atoms with Gasteiger partial charge >= 0.3 is 11.8 Å². The lowest BCUT2D eigenvalue weighted by atomic mass is 9.96. The lowest BCUT2D eigenvalue weighted by molar-refractivity contribution is -0.387. The third-order valence-electron chi connectivity index (χ3n) is 3.43. The van der Waals surface area contributed by atoms with Gasteiger partial charge in [-0.25, -0.2) is 4.79 Å². The fraction of sp³-hybridized carbons (Fsp3) is 0.462. The van der Waals surface area contributed by atoms with Gasteiger partial charge in [-0.3, -0.25) is 10.1 Å². The van der Waals surface area contributed by atoms with Crippen LogP contribution in [0.15, 0.2) is 12.1 Å². The Morgan fingerprint density at radius 2 is 2.05 bits per heavy atom. The van der Waals surface area contributed by atoms with Gasteiger partial charge in [0.05, 0.1) is 18.1 Å². The van der Waals surface area contributed by atoms with Crippen molar-refractivity contribution in [2.75, 3.05) is 7.11 Å². The van der Waals surface area contributed by atoms with E-state index in [9.17, 15) is 19.3 Å². The van der Waals surface area contributed by atoms with E-state index in [1.165, 1.54) is 0 Å². The van der Waals surface area contributed by atoms with Crippen LogP contribution < -0.4 is 4.74 Å². The summed E-state index contributed by atoms with van der Waals surface area (Å²) < 4.78 is 23.0. The molecule has 1 fully saturated rings. The number of nitrogens with zero attached hydrogens (tertiary/aromatic N) is 1.